The number of amides is 1. The fourth-order valence-corrected chi connectivity index (χ4v) is 8.32. The molecule has 0 bridgehead atoms. The fourth-order valence-electron chi connectivity index (χ4n) is 8.32. The van der Waals surface area contributed by atoms with E-state index in [-0.39, 0.29) is 12.5 Å². The number of unbranched alkanes of at least 4 members (excludes halogenated alkanes) is 37. The van der Waals surface area contributed by atoms with E-state index in [1.165, 1.54) is 231 Å². The molecule has 4 nitrogen and oxygen atoms in total. The van der Waals surface area contributed by atoms with Crippen LogP contribution in [0.3, 0.4) is 0 Å². The van der Waals surface area contributed by atoms with Gasteiger partial charge in [0.05, 0.1) is 18.8 Å². The third kappa shape index (κ3) is 49.2. The Bertz CT molecular complexity index is 970. The molecule has 0 aliphatic heterocycles. The van der Waals surface area contributed by atoms with Crippen molar-refractivity contribution in [3.05, 3.63) is 48.6 Å². The van der Waals surface area contributed by atoms with Crippen LogP contribution in [0.25, 0.3) is 0 Å². The Balaban J connectivity index is 3.55. The van der Waals surface area contributed by atoms with E-state index in [1.807, 2.05) is 6.08 Å². The molecule has 2 unspecified atom stereocenters. The normalized spacial score (nSPS) is 13.2. The Morgan fingerprint density at radius 1 is 0.377 bits per heavy atom. The number of nitrogens with one attached hydrogen (secondary N) is 1. The third-order valence-corrected chi connectivity index (χ3v) is 12.5. The first kappa shape index (κ1) is 59.4. The van der Waals surface area contributed by atoms with Crippen molar-refractivity contribution in [2.24, 2.45) is 0 Å². The second-order valence-electron chi connectivity index (χ2n) is 18.6. The molecule has 0 aromatic heterocycles. The molecule has 2 atom stereocenters. The van der Waals surface area contributed by atoms with Gasteiger partial charge >= 0.3 is 0 Å². The number of hydrogen-bond donors (Lipinski definition) is 3. The second kappa shape index (κ2) is 52.7. The number of carbonyl (C=O) groups is 1. The predicted molar refractivity (Wildman–Crippen MR) is 271 cm³/mol. The quantitative estimate of drug-likeness (QED) is 0.0422. The lowest BCUT2D eigenvalue weighted by Gasteiger charge is -2.19. The minimum atomic E-state index is -0.873. The largest absolute Gasteiger partial charge is 0.394 e. The van der Waals surface area contributed by atoms with Gasteiger partial charge in [-0.05, 0) is 70.6 Å². The Morgan fingerprint density at radius 2 is 0.639 bits per heavy atom. The third-order valence-electron chi connectivity index (χ3n) is 12.5. The first-order chi connectivity index (χ1) is 30.2. The summed E-state index contributed by atoms with van der Waals surface area (Å²) in [5.74, 6) is -0.0809. The lowest BCUT2D eigenvalue weighted by molar-refractivity contribution is -0.123. The van der Waals surface area contributed by atoms with Crippen molar-refractivity contribution in [3.8, 4) is 0 Å². The van der Waals surface area contributed by atoms with E-state index in [2.05, 4.69) is 55.6 Å². The molecule has 358 valence electrons. The van der Waals surface area contributed by atoms with E-state index in [1.54, 1.807) is 6.08 Å². The van der Waals surface area contributed by atoms with E-state index in [9.17, 15) is 15.0 Å². The zero-order valence-electron chi connectivity index (χ0n) is 41.2. The van der Waals surface area contributed by atoms with Crippen LogP contribution in [0.5, 0.6) is 0 Å². The van der Waals surface area contributed by atoms with Crippen molar-refractivity contribution in [2.75, 3.05) is 6.61 Å². The van der Waals surface area contributed by atoms with E-state index >= 15 is 0 Å². The number of aliphatic hydroxyl groups excluding tert-OH is 2. The fraction of sp³-hybridized carbons (Fsp3) is 0.842. The van der Waals surface area contributed by atoms with Crippen LogP contribution < -0.4 is 5.32 Å². The molecule has 0 spiro atoms. The molecule has 0 saturated carbocycles. The van der Waals surface area contributed by atoms with Gasteiger partial charge in [-0.2, -0.15) is 0 Å². The summed E-state index contributed by atoms with van der Waals surface area (Å²) in [7, 11) is 0. The molecular weight excluding hydrogens is 747 g/mol. The molecule has 0 aromatic carbocycles. The molecule has 0 rings (SSSR count). The zero-order valence-corrected chi connectivity index (χ0v) is 41.2. The maximum atomic E-state index is 12.4. The molecule has 0 radical (unpaired) electrons. The summed E-state index contributed by atoms with van der Waals surface area (Å²) in [5, 5.41) is 23.1. The van der Waals surface area contributed by atoms with Crippen LogP contribution in [-0.2, 0) is 4.79 Å². The summed E-state index contributed by atoms with van der Waals surface area (Å²) in [6, 6.07) is -0.649. The summed E-state index contributed by atoms with van der Waals surface area (Å²) >= 11 is 0. The lowest BCUT2D eigenvalue weighted by Crippen LogP contribution is -2.45. The molecule has 0 heterocycles. The van der Waals surface area contributed by atoms with Crippen LogP contribution in [0, 0.1) is 0 Å². The highest BCUT2D eigenvalue weighted by atomic mass is 16.3. The van der Waals surface area contributed by atoms with Crippen molar-refractivity contribution in [2.45, 2.75) is 302 Å². The molecule has 1 amide bonds. The summed E-state index contributed by atoms with van der Waals surface area (Å²) in [6.07, 6.45) is 72.7. The van der Waals surface area contributed by atoms with E-state index < -0.39 is 12.1 Å². The number of allylic oxidation sites excluding steroid dienone is 7. The maximum Gasteiger partial charge on any atom is 0.220 e. The molecule has 0 aromatic rings. The van der Waals surface area contributed by atoms with Gasteiger partial charge in [0.25, 0.3) is 0 Å². The summed E-state index contributed by atoms with van der Waals surface area (Å²) in [5.41, 5.74) is 0. The zero-order chi connectivity index (χ0) is 44.2. The van der Waals surface area contributed by atoms with Crippen LogP contribution >= 0.6 is 0 Å². The van der Waals surface area contributed by atoms with Gasteiger partial charge in [-0.3, -0.25) is 4.79 Å². The monoisotopic (exact) mass is 854 g/mol. The van der Waals surface area contributed by atoms with Gasteiger partial charge in [0.1, 0.15) is 0 Å². The van der Waals surface area contributed by atoms with Crippen molar-refractivity contribution in [1.29, 1.82) is 0 Å². The molecule has 4 heteroatoms. The van der Waals surface area contributed by atoms with E-state index in [4.69, 9.17) is 0 Å². The highest BCUT2D eigenvalue weighted by molar-refractivity contribution is 5.76. The van der Waals surface area contributed by atoms with Crippen LogP contribution in [-0.4, -0.2) is 34.9 Å². The first-order valence-electron chi connectivity index (χ1n) is 27.4. The molecular formula is C57H107NO3. The first-order valence-corrected chi connectivity index (χ1v) is 27.4. The number of rotatable bonds is 50. The van der Waals surface area contributed by atoms with Crippen LogP contribution in [0.2, 0.25) is 0 Å². The standard InChI is InChI=1S/C57H107NO3/c1-3-5-7-9-11-13-15-17-19-21-23-24-25-26-27-28-29-30-31-32-33-34-35-36-38-40-42-44-46-48-50-52-56(60)55(54-59)58-57(61)53-51-49-47-45-43-41-39-37-22-20-18-16-14-12-10-8-6-4-2/h20,22,35-36,42,44,50,52,55-56,59-60H,3-19,21,23-34,37-41,43,45-49,51,53-54H2,1-2H3,(H,58,61)/b22-20-,36-35+,44-42+,52-50+. The highest BCUT2D eigenvalue weighted by Gasteiger charge is 2.17. The SMILES string of the molecule is CCCCCCCCC/C=C\CCCCCCCCCC(=O)NC(CO)C(O)/C=C/CC/C=C/CC/C=C/CCCCCCCCCCCCCCCCCCCCCCC. The van der Waals surface area contributed by atoms with Crippen LogP contribution in [0.15, 0.2) is 48.6 Å². The Kier molecular flexibility index (Phi) is 51.3. The number of carbonyl (C=O) groups excluding carboxylic acids is 1. The van der Waals surface area contributed by atoms with Crippen LogP contribution in [0.1, 0.15) is 290 Å². The lowest BCUT2D eigenvalue weighted by atomic mass is 10.0. The summed E-state index contributed by atoms with van der Waals surface area (Å²) in [4.78, 5) is 12.4. The number of hydrogen-bond acceptors (Lipinski definition) is 3. The summed E-state index contributed by atoms with van der Waals surface area (Å²) < 4.78 is 0. The average molecular weight is 854 g/mol. The maximum absolute atomic E-state index is 12.4. The Morgan fingerprint density at radius 3 is 0.951 bits per heavy atom. The van der Waals surface area contributed by atoms with Gasteiger partial charge in [0.2, 0.25) is 5.91 Å². The Hall–Kier alpha value is -1.65. The molecule has 0 saturated heterocycles. The smallest absolute Gasteiger partial charge is 0.220 e. The van der Waals surface area contributed by atoms with Crippen molar-refractivity contribution < 1.29 is 15.0 Å². The van der Waals surface area contributed by atoms with Crippen molar-refractivity contribution >= 4 is 5.91 Å². The number of aliphatic hydroxyl groups is 2. The minimum absolute atomic E-state index is 0.0809. The van der Waals surface area contributed by atoms with Gasteiger partial charge < -0.3 is 15.5 Å². The average Bonchev–Trinajstić information content (AvgIpc) is 3.26. The van der Waals surface area contributed by atoms with Gasteiger partial charge in [-0.25, -0.2) is 0 Å². The topological polar surface area (TPSA) is 69.6 Å². The molecule has 0 aliphatic rings. The molecule has 0 fully saturated rings. The molecule has 61 heavy (non-hydrogen) atoms. The van der Waals surface area contributed by atoms with Gasteiger partial charge in [0.15, 0.2) is 0 Å². The van der Waals surface area contributed by atoms with Gasteiger partial charge in [-0.15, -0.1) is 0 Å². The molecule has 0 aliphatic carbocycles. The predicted octanol–water partition coefficient (Wildman–Crippen LogP) is 17.9. The molecule has 3 N–H and O–H groups in total. The summed E-state index contributed by atoms with van der Waals surface area (Å²) in [6.45, 7) is 4.31. The van der Waals surface area contributed by atoms with E-state index in [0.717, 1.165) is 38.5 Å². The van der Waals surface area contributed by atoms with Crippen LogP contribution in [0.4, 0.5) is 0 Å². The highest BCUT2D eigenvalue weighted by Crippen LogP contribution is 2.16. The van der Waals surface area contributed by atoms with Gasteiger partial charge in [-0.1, -0.05) is 262 Å². The second-order valence-corrected chi connectivity index (χ2v) is 18.6. The van der Waals surface area contributed by atoms with Crippen molar-refractivity contribution in [1.82, 2.24) is 5.32 Å². The Labute approximate surface area is 382 Å². The minimum Gasteiger partial charge on any atom is -0.394 e. The van der Waals surface area contributed by atoms with Crippen molar-refractivity contribution in [3.63, 3.8) is 0 Å². The van der Waals surface area contributed by atoms with E-state index in [0.29, 0.717) is 6.42 Å². The van der Waals surface area contributed by atoms with Gasteiger partial charge in [0, 0.05) is 6.42 Å².